The minimum Gasteiger partial charge on any atom is -0.444 e. The van der Waals surface area contributed by atoms with Gasteiger partial charge >= 0.3 is 6.09 Å². The molecule has 1 aliphatic carbocycles. The Morgan fingerprint density at radius 1 is 1.25 bits per heavy atom. The van der Waals surface area contributed by atoms with E-state index in [0.717, 1.165) is 43.9 Å². The lowest BCUT2D eigenvalue weighted by Gasteiger charge is -2.41. The van der Waals surface area contributed by atoms with Crippen LogP contribution in [0, 0.1) is 0 Å². The Bertz CT molecular complexity index is 644. The summed E-state index contributed by atoms with van der Waals surface area (Å²) in [5.41, 5.74) is 1.82. The van der Waals surface area contributed by atoms with Crippen LogP contribution in [-0.4, -0.2) is 52.2 Å². The Morgan fingerprint density at radius 3 is 2.67 bits per heavy atom. The summed E-state index contributed by atoms with van der Waals surface area (Å²) in [5, 5.41) is 0.313. The minimum atomic E-state index is -0.477. The summed E-state index contributed by atoms with van der Waals surface area (Å²) in [5.74, 6) is 0.943. The summed E-state index contributed by atoms with van der Waals surface area (Å²) in [6, 6.07) is 0.0550. The van der Waals surface area contributed by atoms with Gasteiger partial charge in [0.05, 0.1) is 5.69 Å². The van der Waals surface area contributed by atoms with Gasteiger partial charge in [-0.25, -0.2) is 14.8 Å². The SMILES string of the molecule is C[C@H]1CN(c2nc(Cl)nc3c2CCC3)CCN1C(=O)OC(C)(C)C. The first kappa shape index (κ1) is 17.3. The Labute approximate surface area is 148 Å². The summed E-state index contributed by atoms with van der Waals surface area (Å²) in [7, 11) is 0. The smallest absolute Gasteiger partial charge is 0.410 e. The second-order valence-corrected chi connectivity index (χ2v) is 7.90. The molecule has 1 amide bonds. The molecule has 24 heavy (non-hydrogen) atoms. The number of piperazine rings is 1. The van der Waals surface area contributed by atoms with Crippen LogP contribution >= 0.6 is 11.6 Å². The van der Waals surface area contributed by atoms with Crippen molar-refractivity contribution in [3.63, 3.8) is 0 Å². The van der Waals surface area contributed by atoms with E-state index >= 15 is 0 Å². The number of amides is 1. The molecule has 1 atom stereocenters. The van der Waals surface area contributed by atoms with E-state index in [-0.39, 0.29) is 12.1 Å². The van der Waals surface area contributed by atoms with Crippen molar-refractivity contribution >= 4 is 23.5 Å². The van der Waals surface area contributed by atoms with Gasteiger partial charge < -0.3 is 14.5 Å². The maximum Gasteiger partial charge on any atom is 0.410 e. The van der Waals surface area contributed by atoms with Crippen LogP contribution in [0.25, 0.3) is 0 Å². The fourth-order valence-corrected chi connectivity index (χ4v) is 3.57. The van der Waals surface area contributed by atoms with Crippen molar-refractivity contribution in [2.45, 2.75) is 58.6 Å². The Hall–Kier alpha value is -1.56. The number of aryl methyl sites for hydroxylation is 1. The van der Waals surface area contributed by atoms with Crippen LogP contribution in [0.2, 0.25) is 5.28 Å². The first-order chi connectivity index (χ1) is 11.2. The Kier molecular flexibility index (Phi) is 4.60. The monoisotopic (exact) mass is 352 g/mol. The van der Waals surface area contributed by atoms with Crippen molar-refractivity contribution in [1.29, 1.82) is 0 Å². The van der Waals surface area contributed by atoms with Gasteiger partial charge in [0.2, 0.25) is 5.28 Å². The molecule has 1 aromatic rings. The number of anilines is 1. The third-order valence-electron chi connectivity index (χ3n) is 4.44. The summed E-state index contributed by atoms with van der Waals surface area (Å²) < 4.78 is 5.50. The van der Waals surface area contributed by atoms with Crippen LogP contribution in [-0.2, 0) is 17.6 Å². The average molecular weight is 353 g/mol. The summed E-state index contributed by atoms with van der Waals surface area (Å²) in [6.07, 6.45) is 2.83. The molecule has 2 aliphatic rings. The number of hydrogen-bond donors (Lipinski definition) is 0. The van der Waals surface area contributed by atoms with Crippen LogP contribution in [0.15, 0.2) is 0 Å². The molecule has 2 heterocycles. The standard InChI is InChI=1S/C17H25ClN4O2/c1-11-10-21(8-9-22(11)16(23)24-17(2,3)4)14-12-6-5-7-13(12)19-15(18)20-14/h11H,5-10H2,1-4H3/t11-/m0/s1. The summed E-state index contributed by atoms with van der Waals surface area (Å²) in [4.78, 5) is 25.2. The molecule has 0 saturated carbocycles. The zero-order valence-corrected chi connectivity index (χ0v) is 15.6. The Balaban J connectivity index is 1.74. The van der Waals surface area contributed by atoms with Crippen LogP contribution in [0.1, 0.15) is 45.4 Å². The van der Waals surface area contributed by atoms with E-state index in [1.54, 1.807) is 4.90 Å². The second-order valence-electron chi connectivity index (χ2n) is 7.56. The van der Waals surface area contributed by atoms with E-state index in [4.69, 9.17) is 16.3 Å². The molecule has 0 bridgehead atoms. The molecule has 0 aromatic carbocycles. The number of hydrogen-bond acceptors (Lipinski definition) is 5. The first-order valence-electron chi connectivity index (χ1n) is 8.54. The molecule has 0 unspecified atom stereocenters. The van der Waals surface area contributed by atoms with Gasteiger partial charge in [-0.2, -0.15) is 0 Å². The van der Waals surface area contributed by atoms with Gasteiger partial charge in [0, 0.05) is 31.2 Å². The van der Waals surface area contributed by atoms with E-state index in [2.05, 4.69) is 14.9 Å². The highest BCUT2D eigenvalue weighted by molar-refractivity contribution is 6.28. The van der Waals surface area contributed by atoms with Gasteiger partial charge in [0.15, 0.2) is 0 Å². The number of carbonyl (C=O) groups excluding carboxylic acids is 1. The summed E-state index contributed by atoms with van der Waals surface area (Å²) in [6.45, 7) is 9.77. The number of nitrogens with zero attached hydrogens (tertiary/aromatic N) is 4. The topological polar surface area (TPSA) is 58.6 Å². The van der Waals surface area contributed by atoms with Gasteiger partial charge in [0.1, 0.15) is 11.4 Å². The highest BCUT2D eigenvalue weighted by atomic mass is 35.5. The molecule has 132 valence electrons. The zero-order chi connectivity index (χ0) is 17.5. The fraction of sp³-hybridized carbons (Fsp3) is 0.706. The van der Waals surface area contributed by atoms with E-state index < -0.39 is 5.60 Å². The third-order valence-corrected chi connectivity index (χ3v) is 4.61. The van der Waals surface area contributed by atoms with Crippen molar-refractivity contribution in [1.82, 2.24) is 14.9 Å². The van der Waals surface area contributed by atoms with Gasteiger partial charge in [-0.05, 0) is 58.6 Å². The number of ether oxygens (including phenoxy) is 1. The van der Waals surface area contributed by atoms with Crippen molar-refractivity contribution in [2.24, 2.45) is 0 Å². The van der Waals surface area contributed by atoms with E-state index in [9.17, 15) is 4.79 Å². The first-order valence-corrected chi connectivity index (χ1v) is 8.92. The molecule has 1 fully saturated rings. The van der Waals surface area contributed by atoms with Crippen LogP contribution < -0.4 is 4.90 Å². The largest absolute Gasteiger partial charge is 0.444 e. The molecule has 1 aromatic heterocycles. The fourth-order valence-electron chi connectivity index (χ4n) is 3.39. The van der Waals surface area contributed by atoms with Crippen molar-refractivity contribution in [3.8, 4) is 0 Å². The lowest BCUT2D eigenvalue weighted by molar-refractivity contribution is 0.0158. The maximum absolute atomic E-state index is 12.3. The average Bonchev–Trinajstić information content (AvgIpc) is 2.92. The highest BCUT2D eigenvalue weighted by Gasteiger charge is 2.33. The molecular formula is C17H25ClN4O2. The third kappa shape index (κ3) is 3.58. The van der Waals surface area contributed by atoms with Crippen molar-refractivity contribution < 1.29 is 9.53 Å². The van der Waals surface area contributed by atoms with Crippen molar-refractivity contribution in [3.05, 3.63) is 16.5 Å². The quantitative estimate of drug-likeness (QED) is 0.727. The molecule has 0 N–H and O–H groups in total. The van der Waals surface area contributed by atoms with Gasteiger partial charge in [-0.3, -0.25) is 0 Å². The van der Waals surface area contributed by atoms with E-state index in [1.165, 1.54) is 5.56 Å². The van der Waals surface area contributed by atoms with Gasteiger partial charge in [-0.15, -0.1) is 0 Å². The van der Waals surface area contributed by atoms with E-state index in [0.29, 0.717) is 11.8 Å². The lowest BCUT2D eigenvalue weighted by Crippen LogP contribution is -2.55. The predicted molar refractivity (Wildman–Crippen MR) is 93.7 cm³/mol. The molecule has 0 spiro atoms. The van der Waals surface area contributed by atoms with Crippen LogP contribution in [0.3, 0.4) is 0 Å². The maximum atomic E-state index is 12.3. The number of aromatic nitrogens is 2. The van der Waals surface area contributed by atoms with E-state index in [1.807, 2.05) is 27.7 Å². The second kappa shape index (κ2) is 6.39. The normalized spacial score (nSPS) is 21.0. The van der Waals surface area contributed by atoms with Gasteiger partial charge in [0.25, 0.3) is 0 Å². The molecular weight excluding hydrogens is 328 g/mol. The zero-order valence-electron chi connectivity index (χ0n) is 14.8. The minimum absolute atomic E-state index is 0.0550. The molecule has 0 radical (unpaired) electrons. The predicted octanol–water partition coefficient (Wildman–Crippen LogP) is 3.06. The lowest BCUT2D eigenvalue weighted by atomic mass is 10.1. The highest BCUT2D eigenvalue weighted by Crippen LogP contribution is 2.31. The number of carbonyl (C=O) groups is 1. The summed E-state index contributed by atoms with van der Waals surface area (Å²) >= 11 is 6.10. The Morgan fingerprint density at radius 2 is 2.00 bits per heavy atom. The molecule has 3 rings (SSSR count). The number of rotatable bonds is 1. The number of halogens is 1. The molecule has 7 heteroatoms. The van der Waals surface area contributed by atoms with Crippen molar-refractivity contribution in [2.75, 3.05) is 24.5 Å². The number of fused-ring (bicyclic) bond motifs is 1. The molecule has 1 saturated heterocycles. The van der Waals surface area contributed by atoms with Gasteiger partial charge in [-0.1, -0.05) is 0 Å². The molecule has 6 nitrogen and oxygen atoms in total. The molecule has 1 aliphatic heterocycles. The van der Waals surface area contributed by atoms with Crippen LogP contribution in [0.5, 0.6) is 0 Å². The van der Waals surface area contributed by atoms with Crippen LogP contribution in [0.4, 0.5) is 10.6 Å².